The van der Waals surface area contributed by atoms with Crippen LogP contribution in [-0.2, 0) is 9.53 Å². The summed E-state index contributed by atoms with van der Waals surface area (Å²) in [7, 11) is 0. The quantitative estimate of drug-likeness (QED) is 0.772. The molecule has 2 aliphatic heterocycles. The van der Waals surface area contributed by atoms with E-state index in [4.69, 9.17) is 10.5 Å². The summed E-state index contributed by atoms with van der Waals surface area (Å²) in [4.78, 5) is 14.0. The second kappa shape index (κ2) is 4.34. The molecule has 2 fully saturated rings. The van der Waals surface area contributed by atoms with Crippen molar-refractivity contribution in [1.29, 1.82) is 0 Å². The van der Waals surface area contributed by atoms with Gasteiger partial charge in [0, 0.05) is 19.7 Å². The molecule has 0 aromatic heterocycles. The molecule has 92 valence electrons. The summed E-state index contributed by atoms with van der Waals surface area (Å²) in [6.07, 6.45) is 3.03. The molecular weight excluding hydrogens is 204 g/mol. The molecule has 4 nitrogen and oxygen atoms in total. The zero-order chi connectivity index (χ0) is 11.8. The molecule has 2 rings (SSSR count). The largest absolute Gasteiger partial charge is 0.378 e. The molecule has 1 amide bonds. The molecule has 16 heavy (non-hydrogen) atoms. The standard InChI is InChI=1S/C12H22N2O2/c1-3-5-12(13)7-14(8-12)11(15)10-4-6-16-9(10)2/h9-10H,3-8,13H2,1-2H3. The van der Waals surface area contributed by atoms with E-state index >= 15 is 0 Å². The lowest BCUT2D eigenvalue weighted by Crippen LogP contribution is -2.69. The van der Waals surface area contributed by atoms with Crippen LogP contribution in [0.15, 0.2) is 0 Å². The molecule has 0 aliphatic carbocycles. The van der Waals surface area contributed by atoms with Gasteiger partial charge in [-0.25, -0.2) is 0 Å². The van der Waals surface area contributed by atoms with Gasteiger partial charge in [-0.1, -0.05) is 13.3 Å². The van der Waals surface area contributed by atoms with E-state index in [0.29, 0.717) is 6.61 Å². The van der Waals surface area contributed by atoms with Crippen molar-refractivity contribution in [2.24, 2.45) is 11.7 Å². The second-order valence-corrected chi connectivity index (χ2v) is 5.28. The van der Waals surface area contributed by atoms with Crippen LogP contribution in [0.25, 0.3) is 0 Å². The van der Waals surface area contributed by atoms with Crippen molar-refractivity contribution >= 4 is 5.91 Å². The Labute approximate surface area is 97.1 Å². The Morgan fingerprint density at radius 2 is 2.25 bits per heavy atom. The highest BCUT2D eigenvalue weighted by atomic mass is 16.5. The summed E-state index contributed by atoms with van der Waals surface area (Å²) < 4.78 is 5.43. The van der Waals surface area contributed by atoms with Crippen molar-refractivity contribution in [2.45, 2.75) is 44.8 Å². The van der Waals surface area contributed by atoms with Crippen molar-refractivity contribution in [3.05, 3.63) is 0 Å². The molecule has 0 spiro atoms. The van der Waals surface area contributed by atoms with Gasteiger partial charge < -0.3 is 15.4 Å². The molecule has 0 aromatic rings. The third-order valence-electron chi connectivity index (χ3n) is 3.76. The molecular formula is C12H22N2O2. The molecule has 4 heteroatoms. The van der Waals surface area contributed by atoms with Crippen LogP contribution in [0.4, 0.5) is 0 Å². The smallest absolute Gasteiger partial charge is 0.228 e. The third-order valence-corrected chi connectivity index (χ3v) is 3.76. The summed E-state index contributed by atoms with van der Waals surface area (Å²) in [6, 6.07) is 0. The number of hydrogen-bond donors (Lipinski definition) is 1. The first-order chi connectivity index (χ1) is 7.56. The fourth-order valence-corrected chi connectivity index (χ4v) is 2.82. The predicted molar refractivity (Wildman–Crippen MR) is 61.9 cm³/mol. The lowest BCUT2D eigenvalue weighted by molar-refractivity contribution is -0.144. The van der Waals surface area contributed by atoms with E-state index in [9.17, 15) is 4.79 Å². The Kier molecular flexibility index (Phi) is 3.22. The molecule has 0 bridgehead atoms. The summed E-state index contributed by atoms with van der Waals surface area (Å²) in [5.41, 5.74) is 6.03. The number of nitrogens with zero attached hydrogens (tertiary/aromatic N) is 1. The van der Waals surface area contributed by atoms with Gasteiger partial charge in [-0.05, 0) is 19.8 Å². The molecule has 2 saturated heterocycles. The van der Waals surface area contributed by atoms with E-state index in [1.807, 2.05) is 11.8 Å². The lowest BCUT2D eigenvalue weighted by atomic mass is 9.85. The van der Waals surface area contributed by atoms with Crippen LogP contribution in [0.2, 0.25) is 0 Å². The minimum atomic E-state index is -0.118. The van der Waals surface area contributed by atoms with Gasteiger partial charge in [0.25, 0.3) is 0 Å². The number of amides is 1. The maximum absolute atomic E-state index is 12.1. The molecule has 2 heterocycles. The number of hydrogen-bond acceptors (Lipinski definition) is 3. The van der Waals surface area contributed by atoms with Crippen LogP contribution < -0.4 is 5.73 Å². The zero-order valence-electron chi connectivity index (χ0n) is 10.2. The molecule has 0 radical (unpaired) electrons. The summed E-state index contributed by atoms with van der Waals surface area (Å²) in [6.45, 7) is 6.28. The Bertz CT molecular complexity index is 274. The van der Waals surface area contributed by atoms with E-state index in [2.05, 4.69) is 6.92 Å². The predicted octanol–water partition coefficient (Wildman–Crippen LogP) is 0.751. The van der Waals surface area contributed by atoms with Gasteiger partial charge in [-0.15, -0.1) is 0 Å². The van der Waals surface area contributed by atoms with Crippen LogP contribution in [0, 0.1) is 5.92 Å². The van der Waals surface area contributed by atoms with E-state index in [0.717, 1.165) is 32.4 Å². The molecule has 2 aliphatic rings. The summed E-state index contributed by atoms with van der Waals surface area (Å²) in [5.74, 6) is 0.299. The number of ether oxygens (including phenoxy) is 1. The second-order valence-electron chi connectivity index (χ2n) is 5.28. The van der Waals surface area contributed by atoms with Crippen LogP contribution in [0.3, 0.4) is 0 Å². The number of carbonyl (C=O) groups excluding carboxylic acids is 1. The fourth-order valence-electron chi connectivity index (χ4n) is 2.82. The first-order valence-electron chi connectivity index (χ1n) is 6.25. The first kappa shape index (κ1) is 11.9. The van der Waals surface area contributed by atoms with Crippen LogP contribution in [0.1, 0.15) is 33.1 Å². The average Bonchev–Trinajstić information content (AvgIpc) is 2.60. The molecule has 2 atom stereocenters. The van der Waals surface area contributed by atoms with Gasteiger partial charge >= 0.3 is 0 Å². The van der Waals surface area contributed by atoms with Gasteiger partial charge in [0.05, 0.1) is 17.6 Å². The first-order valence-corrected chi connectivity index (χ1v) is 6.25. The fraction of sp³-hybridized carbons (Fsp3) is 0.917. The van der Waals surface area contributed by atoms with Gasteiger partial charge in [-0.2, -0.15) is 0 Å². The maximum atomic E-state index is 12.1. The van der Waals surface area contributed by atoms with Crippen molar-refractivity contribution in [2.75, 3.05) is 19.7 Å². The van der Waals surface area contributed by atoms with E-state index < -0.39 is 0 Å². The highest BCUT2D eigenvalue weighted by Crippen LogP contribution is 2.29. The van der Waals surface area contributed by atoms with Crippen molar-refractivity contribution < 1.29 is 9.53 Å². The number of carbonyl (C=O) groups is 1. The van der Waals surface area contributed by atoms with Crippen molar-refractivity contribution in [3.8, 4) is 0 Å². The highest BCUT2D eigenvalue weighted by Gasteiger charge is 2.44. The number of rotatable bonds is 3. The normalized spacial score (nSPS) is 32.6. The minimum Gasteiger partial charge on any atom is -0.378 e. The van der Waals surface area contributed by atoms with Crippen LogP contribution in [-0.4, -0.2) is 42.1 Å². The number of nitrogens with two attached hydrogens (primary N) is 1. The summed E-state index contributed by atoms with van der Waals surface area (Å²) >= 11 is 0. The zero-order valence-corrected chi connectivity index (χ0v) is 10.2. The molecule has 2 N–H and O–H groups in total. The van der Waals surface area contributed by atoms with Gasteiger partial charge in [0.2, 0.25) is 5.91 Å². The van der Waals surface area contributed by atoms with E-state index in [1.54, 1.807) is 0 Å². The van der Waals surface area contributed by atoms with E-state index in [1.165, 1.54) is 0 Å². The SMILES string of the molecule is CCCC1(N)CN(C(=O)C2CCOC2C)C1. The van der Waals surface area contributed by atoms with Crippen LogP contribution in [0.5, 0.6) is 0 Å². The highest BCUT2D eigenvalue weighted by molar-refractivity contribution is 5.80. The molecule has 0 saturated carbocycles. The Hall–Kier alpha value is -0.610. The minimum absolute atomic E-state index is 0.0613. The van der Waals surface area contributed by atoms with Crippen molar-refractivity contribution in [3.63, 3.8) is 0 Å². The van der Waals surface area contributed by atoms with Crippen LogP contribution >= 0.6 is 0 Å². The molecule has 2 unspecified atom stereocenters. The maximum Gasteiger partial charge on any atom is 0.228 e. The Morgan fingerprint density at radius 3 is 2.75 bits per heavy atom. The third kappa shape index (κ3) is 2.09. The lowest BCUT2D eigenvalue weighted by Gasteiger charge is -2.48. The molecule has 0 aromatic carbocycles. The van der Waals surface area contributed by atoms with Gasteiger partial charge in [0.15, 0.2) is 0 Å². The Balaban J connectivity index is 1.85. The topological polar surface area (TPSA) is 55.6 Å². The number of likely N-dealkylation sites (tertiary alicyclic amines) is 1. The Morgan fingerprint density at radius 1 is 1.56 bits per heavy atom. The van der Waals surface area contributed by atoms with E-state index in [-0.39, 0.29) is 23.5 Å². The average molecular weight is 226 g/mol. The van der Waals surface area contributed by atoms with Crippen molar-refractivity contribution in [1.82, 2.24) is 4.90 Å². The van der Waals surface area contributed by atoms with Gasteiger partial charge in [0.1, 0.15) is 0 Å². The summed E-state index contributed by atoms with van der Waals surface area (Å²) in [5, 5.41) is 0. The monoisotopic (exact) mass is 226 g/mol. The van der Waals surface area contributed by atoms with Gasteiger partial charge in [-0.3, -0.25) is 4.79 Å².